The van der Waals surface area contributed by atoms with Crippen LogP contribution < -0.4 is 0 Å². The van der Waals surface area contributed by atoms with Crippen molar-refractivity contribution in [2.45, 2.75) is 59.0 Å². The molecule has 0 spiro atoms. The molecule has 72 valence electrons. The number of rotatable bonds is 1. The summed E-state index contributed by atoms with van der Waals surface area (Å²) < 4.78 is 0. The minimum atomic E-state index is -0.0993. The first kappa shape index (κ1) is 10.0. The maximum absolute atomic E-state index is 10.0. The van der Waals surface area contributed by atoms with E-state index in [4.69, 9.17) is 0 Å². The Hall–Kier alpha value is -0.0400. The molecule has 1 N–H and O–H groups in total. The third-order valence-corrected chi connectivity index (χ3v) is 2.98. The molecule has 0 unspecified atom stereocenters. The molecule has 0 heterocycles. The predicted molar refractivity (Wildman–Crippen MR) is 52.0 cm³/mol. The Bertz CT molecular complexity index is 128. The van der Waals surface area contributed by atoms with E-state index in [-0.39, 0.29) is 11.5 Å². The van der Waals surface area contributed by atoms with Crippen molar-refractivity contribution in [2.75, 3.05) is 0 Å². The van der Waals surface area contributed by atoms with E-state index < -0.39 is 0 Å². The van der Waals surface area contributed by atoms with Crippen molar-refractivity contribution < 1.29 is 5.11 Å². The Morgan fingerprint density at radius 3 is 2.00 bits per heavy atom. The third-order valence-electron chi connectivity index (χ3n) is 2.98. The highest BCUT2D eigenvalue weighted by Gasteiger charge is 2.30. The van der Waals surface area contributed by atoms with Crippen LogP contribution in [-0.4, -0.2) is 11.2 Å². The van der Waals surface area contributed by atoms with E-state index in [2.05, 4.69) is 20.8 Å². The molecule has 1 saturated carbocycles. The van der Waals surface area contributed by atoms with Crippen molar-refractivity contribution in [3.63, 3.8) is 0 Å². The molecular formula is C11H22O. The lowest BCUT2D eigenvalue weighted by molar-refractivity contribution is -0.00194. The minimum absolute atomic E-state index is 0.0714. The van der Waals surface area contributed by atoms with Gasteiger partial charge in [-0.3, -0.25) is 0 Å². The van der Waals surface area contributed by atoms with Crippen LogP contribution in [0.1, 0.15) is 52.9 Å². The Morgan fingerprint density at radius 2 is 1.58 bits per heavy atom. The molecule has 0 bridgehead atoms. The Labute approximate surface area is 76.2 Å². The summed E-state index contributed by atoms with van der Waals surface area (Å²) in [7, 11) is 0. The van der Waals surface area contributed by atoms with Crippen molar-refractivity contribution >= 4 is 0 Å². The molecule has 1 atom stereocenters. The summed E-state index contributed by atoms with van der Waals surface area (Å²) in [6.07, 6.45) is 6.37. The molecule has 0 aromatic heterocycles. The summed E-state index contributed by atoms with van der Waals surface area (Å²) in [4.78, 5) is 0. The van der Waals surface area contributed by atoms with Gasteiger partial charge in [-0.25, -0.2) is 0 Å². The molecule has 0 aromatic carbocycles. The van der Waals surface area contributed by atoms with Gasteiger partial charge in [0, 0.05) is 0 Å². The van der Waals surface area contributed by atoms with Gasteiger partial charge in [0.1, 0.15) is 0 Å². The van der Waals surface area contributed by atoms with Gasteiger partial charge in [-0.15, -0.1) is 0 Å². The van der Waals surface area contributed by atoms with Crippen molar-refractivity contribution in [1.29, 1.82) is 0 Å². The van der Waals surface area contributed by atoms with Gasteiger partial charge in [-0.05, 0) is 24.2 Å². The largest absolute Gasteiger partial charge is 0.392 e. The van der Waals surface area contributed by atoms with Crippen molar-refractivity contribution in [3.05, 3.63) is 0 Å². The van der Waals surface area contributed by atoms with Crippen LogP contribution in [0.5, 0.6) is 0 Å². The van der Waals surface area contributed by atoms with Gasteiger partial charge >= 0.3 is 0 Å². The average Bonchev–Trinajstić information content (AvgIpc) is 2.03. The first-order valence-corrected chi connectivity index (χ1v) is 5.20. The number of aliphatic hydroxyl groups excluding tert-OH is 1. The lowest BCUT2D eigenvalue weighted by atomic mass is 9.75. The smallest absolute Gasteiger partial charge is 0.0616 e. The number of hydrogen-bond donors (Lipinski definition) is 1. The van der Waals surface area contributed by atoms with Crippen molar-refractivity contribution in [2.24, 2.45) is 11.3 Å². The molecule has 0 amide bonds. The lowest BCUT2D eigenvalue weighted by Gasteiger charge is -2.35. The molecule has 1 aliphatic carbocycles. The first-order valence-electron chi connectivity index (χ1n) is 5.20. The highest BCUT2D eigenvalue weighted by molar-refractivity contribution is 4.81. The molecule has 0 radical (unpaired) electrons. The zero-order valence-corrected chi connectivity index (χ0v) is 8.64. The molecule has 0 aromatic rings. The molecule has 1 aliphatic rings. The monoisotopic (exact) mass is 170 g/mol. The molecule has 1 fully saturated rings. The van der Waals surface area contributed by atoms with Crippen LogP contribution in [0.2, 0.25) is 0 Å². The molecule has 0 saturated heterocycles. The Morgan fingerprint density at radius 1 is 1.08 bits per heavy atom. The van der Waals surface area contributed by atoms with Gasteiger partial charge < -0.3 is 5.11 Å². The maximum Gasteiger partial charge on any atom is 0.0616 e. The fourth-order valence-electron chi connectivity index (χ4n) is 2.16. The first-order chi connectivity index (χ1) is 5.52. The summed E-state index contributed by atoms with van der Waals surface area (Å²) >= 11 is 0. The van der Waals surface area contributed by atoms with Gasteiger partial charge in [0.15, 0.2) is 0 Å². The highest BCUT2D eigenvalue weighted by Crippen LogP contribution is 2.34. The molecule has 12 heavy (non-hydrogen) atoms. The van der Waals surface area contributed by atoms with E-state index in [1.165, 1.54) is 32.1 Å². The highest BCUT2D eigenvalue weighted by atomic mass is 16.3. The summed E-state index contributed by atoms with van der Waals surface area (Å²) in [6.45, 7) is 6.39. The van der Waals surface area contributed by atoms with Crippen LogP contribution in [0.3, 0.4) is 0 Å². The van der Waals surface area contributed by atoms with Crippen molar-refractivity contribution in [1.82, 2.24) is 0 Å². The fourth-order valence-corrected chi connectivity index (χ4v) is 2.16. The Kier molecular flexibility index (Phi) is 3.16. The van der Waals surface area contributed by atoms with Crippen molar-refractivity contribution in [3.8, 4) is 0 Å². The molecule has 1 rings (SSSR count). The third kappa shape index (κ3) is 2.48. The number of aliphatic hydroxyl groups is 1. The molecule has 1 nitrogen and oxygen atoms in total. The van der Waals surface area contributed by atoms with Crippen LogP contribution in [0.15, 0.2) is 0 Å². The normalized spacial score (nSPS) is 24.0. The summed E-state index contributed by atoms with van der Waals surface area (Å²) in [5.41, 5.74) is 0.0714. The molecule has 1 heteroatoms. The second kappa shape index (κ2) is 3.78. The predicted octanol–water partition coefficient (Wildman–Crippen LogP) is 2.97. The van der Waals surface area contributed by atoms with Gasteiger partial charge in [-0.2, -0.15) is 0 Å². The molecular weight excluding hydrogens is 148 g/mol. The Balaban J connectivity index is 2.45. The van der Waals surface area contributed by atoms with Crippen LogP contribution in [0, 0.1) is 11.3 Å². The second-order valence-corrected chi connectivity index (χ2v) is 5.21. The summed E-state index contributed by atoms with van der Waals surface area (Å²) in [5.74, 6) is 0.568. The van der Waals surface area contributed by atoms with E-state index in [1.54, 1.807) is 0 Å². The van der Waals surface area contributed by atoms with Gasteiger partial charge in [0.05, 0.1) is 6.10 Å². The van der Waals surface area contributed by atoms with Crippen LogP contribution in [0.25, 0.3) is 0 Å². The summed E-state index contributed by atoms with van der Waals surface area (Å²) in [6, 6.07) is 0. The fraction of sp³-hybridized carbons (Fsp3) is 1.00. The van der Waals surface area contributed by atoms with E-state index in [1.807, 2.05) is 0 Å². The minimum Gasteiger partial charge on any atom is -0.392 e. The zero-order valence-electron chi connectivity index (χ0n) is 8.64. The van der Waals surface area contributed by atoms with E-state index in [9.17, 15) is 5.11 Å². The van der Waals surface area contributed by atoms with Crippen LogP contribution >= 0.6 is 0 Å². The number of hydrogen-bond acceptors (Lipinski definition) is 1. The van der Waals surface area contributed by atoms with Crippen LogP contribution in [0.4, 0.5) is 0 Å². The summed E-state index contributed by atoms with van der Waals surface area (Å²) in [5, 5.41) is 10.0. The van der Waals surface area contributed by atoms with E-state index in [0.717, 1.165) is 0 Å². The van der Waals surface area contributed by atoms with Crippen LogP contribution in [-0.2, 0) is 0 Å². The standard InChI is InChI=1S/C11H22O/c1-11(2,3)10(12)9-7-5-4-6-8-9/h9-10,12H,4-8H2,1-3H3/t10-/m1/s1. The second-order valence-electron chi connectivity index (χ2n) is 5.21. The SMILES string of the molecule is CC(C)(C)[C@H](O)C1CCCCC1. The maximum atomic E-state index is 10.0. The lowest BCUT2D eigenvalue weighted by Crippen LogP contribution is -2.34. The van der Waals surface area contributed by atoms with Gasteiger partial charge in [-0.1, -0.05) is 40.0 Å². The quantitative estimate of drug-likeness (QED) is 0.641. The topological polar surface area (TPSA) is 20.2 Å². The van der Waals surface area contributed by atoms with E-state index in [0.29, 0.717) is 5.92 Å². The molecule has 0 aliphatic heterocycles. The van der Waals surface area contributed by atoms with E-state index >= 15 is 0 Å². The van der Waals surface area contributed by atoms with Gasteiger partial charge in [0.2, 0.25) is 0 Å². The average molecular weight is 170 g/mol. The van der Waals surface area contributed by atoms with Gasteiger partial charge in [0.25, 0.3) is 0 Å². The zero-order chi connectivity index (χ0) is 9.19.